The van der Waals surface area contributed by atoms with E-state index in [9.17, 15) is 14.3 Å². The fourth-order valence-electron chi connectivity index (χ4n) is 2.82. The molecule has 162 valence electrons. The first-order valence-electron chi connectivity index (χ1n) is 9.86. The summed E-state index contributed by atoms with van der Waals surface area (Å²) < 4.78 is 15.7. The number of hydrogen-bond donors (Lipinski definition) is 3. The highest BCUT2D eigenvalue weighted by molar-refractivity contribution is 5.99. The first-order chi connectivity index (χ1) is 14.7. The van der Waals surface area contributed by atoms with Gasteiger partial charge in [-0.3, -0.25) is 9.36 Å². The van der Waals surface area contributed by atoms with Crippen LogP contribution < -0.4 is 10.6 Å². The average molecular weight is 425 g/mol. The van der Waals surface area contributed by atoms with Gasteiger partial charge in [-0.25, -0.2) is 19.3 Å². The van der Waals surface area contributed by atoms with E-state index in [2.05, 4.69) is 25.6 Å². The smallest absolute Gasteiger partial charge is 0.255 e. The Morgan fingerprint density at radius 1 is 1.32 bits per heavy atom. The van der Waals surface area contributed by atoms with E-state index >= 15 is 0 Å². The zero-order valence-corrected chi connectivity index (χ0v) is 17.6. The largest absolute Gasteiger partial charge is 0.387 e. The number of imidazole rings is 1. The van der Waals surface area contributed by atoms with E-state index in [4.69, 9.17) is 5.26 Å². The summed E-state index contributed by atoms with van der Waals surface area (Å²) >= 11 is 0. The topological polar surface area (TPSA) is 129 Å². The summed E-state index contributed by atoms with van der Waals surface area (Å²) in [5.41, 5.74) is 0.699. The SMILES string of the molecule is CCCNc1cc(-n2cnc3cc(C#N)cnc32)ncc1C(=O)NCC(F)C(C)(C)O. The van der Waals surface area contributed by atoms with Gasteiger partial charge in [0.05, 0.1) is 29.0 Å². The third-order valence-electron chi connectivity index (χ3n) is 4.67. The van der Waals surface area contributed by atoms with Gasteiger partial charge in [0.1, 0.15) is 29.9 Å². The summed E-state index contributed by atoms with van der Waals surface area (Å²) in [4.78, 5) is 25.5. The van der Waals surface area contributed by atoms with Crippen LogP contribution in [0.3, 0.4) is 0 Å². The number of halogens is 1. The summed E-state index contributed by atoms with van der Waals surface area (Å²) in [7, 11) is 0. The van der Waals surface area contributed by atoms with Crippen LogP contribution in [-0.4, -0.2) is 55.4 Å². The molecule has 31 heavy (non-hydrogen) atoms. The summed E-state index contributed by atoms with van der Waals surface area (Å²) in [6.45, 7) is 4.98. The molecule has 0 aliphatic heterocycles. The Labute approximate surface area is 179 Å². The number of anilines is 1. The van der Waals surface area contributed by atoms with Crippen LogP contribution in [0.15, 0.2) is 30.9 Å². The van der Waals surface area contributed by atoms with Crippen LogP contribution in [0, 0.1) is 11.3 Å². The third kappa shape index (κ3) is 4.95. The number of nitrogens with zero attached hydrogens (tertiary/aromatic N) is 5. The minimum Gasteiger partial charge on any atom is -0.387 e. The number of fused-ring (bicyclic) bond motifs is 1. The van der Waals surface area contributed by atoms with Crippen molar-refractivity contribution in [3.8, 4) is 11.9 Å². The molecule has 3 heterocycles. The molecule has 3 aromatic heterocycles. The number of hydrogen-bond acceptors (Lipinski definition) is 7. The molecular weight excluding hydrogens is 401 g/mol. The van der Waals surface area contributed by atoms with Crippen molar-refractivity contribution in [1.29, 1.82) is 5.26 Å². The minimum absolute atomic E-state index is 0.254. The highest BCUT2D eigenvalue weighted by Crippen LogP contribution is 2.22. The number of nitriles is 1. The molecule has 0 saturated carbocycles. The zero-order chi connectivity index (χ0) is 22.6. The van der Waals surface area contributed by atoms with Crippen molar-refractivity contribution in [2.75, 3.05) is 18.4 Å². The molecule has 0 radical (unpaired) electrons. The van der Waals surface area contributed by atoms with E-state index in [1.807, 2.05) is 13.0 Å². The molecule has 0 aliphatic carbocycles. The summed E-state index contributed by atoms with van der Waals surface area (Å²) in [5.74, 6) is -0.0217. The Morgan fingerprint density at radius 3 is 2.77 bits per heavy atom. The van der Waals surface area contributed by atoms with Crippen LogP contribution in [0.25, 0.3) is 17.0 Å². The maximum atomic E-state index is 14.0. The minimum atomic E-state index is -1.61. The lowest BCUT2D eigenvalue weighted by Gasteiger charge is -2.22. The molecule has 3 aromatic rings. The van der Waals surface area contributed by atoms with E-state index in [-0.39, 0.29) is 12.1 Å². The second-order valence-corrected chi connectivity index (χ2v) is 7.64. The Morgan fingerprint density at radius 2 is 2.10 bits per heavy atom. The normalized spacial score (nSPS) is 12.4. The van der Waals surface area contributed by atoms with Crippen molar-refractivity contribution in [2.24, 2.45) is 0 Å². The highest BCUT2D eigenvalue weighted by Gasteiger charge is 2.27. The van der Waals surface area contributed by atoms with Crippen molar-refractivity contribution in [2.45, 2.75) is 39.0 Å². The molecule has 0 aromatic carbocycles. The molecule has 3 N–H and O–H groups in total. The van der Waals surface area contributed by atoms with Crippen LogP contribution in [0.4, 0.5) is 10.1 Å². The number of carbonyl (C=O) groups is 1. The van der Waals surface area contributed by atoms with Gasteiger partial charge in [-0.2, -0.15) is 5.26 Å². The molecule has 0 saturated heterocycles. The lowest BCUT2D eigenvalue weighted by atomic mass is 10.0. The van der Waals surface area contributed by atoms with Crippen LogP contribution in [0.5, 0.6) is 0 Å². The number of rotatable bonds is 8. The van der Waals surface area contributed by atoms with Gasteiger partial charge in [0.25, 0.3) is 5.91 Å². The van der Waals surface area contributed by atoms with Gasteiger partial charge < -0.3 is 15.7 Å². The van der Waals surface area contributed by atoms with Gasteiger partial charge in [-0.05, 0) is 26.3 Å². The molecule has 0 bridgehead atoms. The molecule has 1 atom stereocenters. The number of amides is 1. The quantitative estimate of drug-likeness (QED) is 0.505. The number of nitrogens with one attached hydrogen (secondary N) is 2. The lowest BCUT2D eigenvalue weighted by molar-refractivity contribution is -0.00177. The molecule has 0 spiro atoms. The maximum absolute atomic E-state index is 14.0. The van der Waals surface area contributed by atoms with Gasteiger partial charge in [-0.1, -0.05) is 6.92 Å². The van der Waals surface area contributed by atoms with E-state index < -0.39 is 17.7 Å². The summed E-state index contributed by atoms with van der Waals surface area (Å²) in [5, 5.41) is 24.4. The van der Waals surface area contributed by atoms with Gasteiger partial charge >= 0.3 is 0 Å². The predicted octanol–water partition coefficient (Wildman–Crippen LogP) is 2.35. The van der Waals surface area contributed by atoms with Crippen molar-refractivity contribution < 1.29 is 14.3 Å². The maximum Gasteiger partial charge on any atom is 0.255 e. The standard InChI is InChI=1S/C21H24FN7O2/c1-4-5-24-15-7-18(29-12-28-16-6-13(8-23)9-26-19(16)29)25-10-14(15)20(30)27-11-17(22)21(2,3)31/h6-7,9-10,12,17,31H,4-5,11H2,1-3H3,(H,24,25)(H,27,30). The lowest BCUT2D eigenvalue weighted by Crippen LogP contribution is -2.42. The number of aliphatic hydroxyl groups is 1. The highest BCUT2D eigenvalue weighted by atomic mass is 19.1. The van der Waals surface area contributed by atoms with Gasteiger partial charge in [-0.15, -0.1) is 0 Å². The first kappa shape index (κ1) is 22.1. The molecule has 1 unspecified atom stereocenters. The number of pyridine rings is 2. The van der Waals surface area contributed by atoms with Crippen molar-refractivity contribution in [3.05, 3.63) is 42.0 Å². The Hall–Kier alpha value is -3.58. The summed E-state index contributed by atoms with van der Waals surface area (Å²) in [6.07, 6.45) is 3.61. The molecule has 9 nitrogen and oxygen atoms in total. The molecule has 1 amide bonds. The average Bonchev–Trinajstić information content (AvgIpc) is 3.17. The Bertz CT molecular complexity index is 1130. The summed E-state index contributed by atoms with van der Waals surface area (Å²) in [6, 6.07) is 5.35. The van der Waals surface area contributed by atoms with E-state index in [1.165, 1.54) is 26.2 Å². The molecule has 10 heteroatoms. The van der Waals surface area contributed by atoms with Crippen molar-refractivity contribution in [3.63, 3.8) is 0 Å². The van der Waals surface area contributed by atoms with Gasteiger partial charge in [0, 0.05) is 25.0 Å². The van der Waals surface area contributed by atoms with Crippen LogP contribution in [-0.2, 0) is 0 Å². The predicted molar refractivity (Wildman–Crippen MR) is 114 cm³/mol. The van der Waals surface area contributed by atoms with E-state index in [0.717, 1.165) is 6.42 Å². The third-order valence-corrected chi connectivity index (χ3v) is 4.67. The molecular formula is C21H24FN7O2. The second-order valence-electron chi connectivity index (χ2n) is 7.64. The van der Waals surface area contributed by atoms with Gasteiger partial charge in [0.15, 0.2) is 5.65 Å². The zero-order valence-electron chi connectivity index (χ0n) is 17.6. The Kier molecular flexibility index (Phi) is 6.46. The monoisotopic (exact) mass is 425 g/mol. The number of aromatic nitrogens is 4. The molecule has 0 aliphatic rings. The molecule has 3 rings (SSSR count). The first-order valence-corrected chi connectivity index (χ1v) is 9.86. The van der Waals surface area contributed by atoms with Crippen molar-refractivity contribution in [1.82, 2.24) is 24.8 Å². The fraction of sp³-hybridized carbons (Fsp3) is 0.381. The number of alkyl halides is 1. The van der Waals surface area contributed by atoms with Crippen LogP contribution in [0.2, 0.25) is 0 Å². The van der Waals surface area contributed by atoms with Gasteiger partial charge in [0.2, 0.25) is 0 Å². The fourth-order valence-corrected chi connectivity index (χ4v) is 2.82. The Balaban J connectivity index is 1.91. The van der Waals surface area contributed by atoms with E-state index in [1.54, 1.807) is 23.0 Å². The second kappa shape index (κ2) is 9.06. The van der Waals surface area contributed by atoms with E-state index in [0.29, 0.717) is 34.8 Å². The number of carbonyl (C=O) groups excluding carboxylic acids is 1. The van der Waals surface area contributed by atoms with Crippen molar-refractivity contribution >= 4 is 22.8 Å². The molecule has 0 fully saturated rings. The van der Waals surface area contributed by atoms with Crippen LogP contribution >= 0.6 is 0 Å². The van der Waals surface area contributed by atoms with Crippen LogP contribution in [0.1, 0.15) is 43.1 Å².